The summed E-state index contributed by atoms with van der Waals surface area (Å²) in [6, 6.07) is 38.3. The van der Waals surface area contributed by atoms with Gasteiger partial charge in [-0.3, -0.25) is 5.41 Å². The molecule has 5 nitrogen and oxygen atoms in total. The molecular formula is C38H30N4O. The summed E-state index contributed by atoms with van der Waals surface area (Å²) in [6.45, 7) is 5.74. The maximum Gasteiger partial charge on any atom is 0.161 e. The molecule has 0 amide bonds. The van der Waals surface area contributed by atoms with Crippen molar-refractivity contribution in [2.45, 2.75) is 6.92 Å². The molecule has 0 fully saturated rings. The summed E-state index contributed by atoms with van der Waals surface area (Å²) in [7, 11) is 0. The van der Waals surface area contributed by atoms with E-state index in [0.29, 0.717) is 17.0 Å². The van der Waals surface area contributed by atoms with Gasteiger partial charge in [-0.05, 0) is 66.4 Å². The fourth-order valence-electron chi connectivity index (χ4n) is 5.35. The smallest absolute Gasteiger partial charge is 0.161 e. The Labute approximate surface area is 250 Å². The quantitative estimate of drug-likeness (QED) is 0.121. The fourth-order valence-corrected chi connectivity index (χ4v) is 5.35. The summed E-state index contributed by atoms with van der Waals surface area (Å²) < 4.78 is 6.79. The zero-order chi connectivity index (χ0) is 29.8. The number of nitrogens with zero attached hydrogens (tertiary/aromatic N) is 2. The van der Waals surface area contributed by atoms with Crippen molar-refractivity contribution in [3.05, 3.63) is 150 Å². The number of allylic oxidation sites excluding steroid dienone is 3. The van der Waals surface area contributed by atoms with Crippen molar-refractivity contribution >= 4 is 45.9 Å². The summed E-state index contributed by atoms with van der Waals surface area (Å²) >= 11 is 0. The lowest BCUT2D eigenvalue weighted by Crippen LogP contribution is -2.04. The van der Waals surface area contributed by atoms with Crippen molar-refractivity contribution in [3.63, 3.8) is 0 Å². The van der Waals surface area contributed by atoms with E-state index in [2.05, 4.69) is 53.1 Å². The van der Waals surface area contributed by atoms with Crippen LogP contribution in [0.3, 0.4) is 0 Å². The number of fused-ring (bicyclic) bond motifs is 3. The highest BCUT2D eigenvalue weighted by molar-refractivity contribution is 6.23. The molecule has 0 radical (unpaired) electrons. The van der Waals surface area contributed by atoms with Crippen LogP contribution in [0.2, 0.25) is 0 Å². The van der Waals surface area contributed by atoms with Gasteiger partial charge in [0.15, 0.2) is 11.7 Å². The highest BCUT2D eigenvalue weighted by Gasteiger charge is 2.22. The predicted octanol–water partition coefficient (Wildman–Crippen LogP) is 9.27. The molecule has 0 unspecified atom stereocenters. The number of hydrogen-bond donors (Lipinski definition) is 2. The molecule has 0 aliphatic carbocycles. The standard InChI is InChI=1S/C38H30N4O/c1-25(13-12-22-39)30-20-21-31(37(40)42-38(41-2)28-18-10-5-11-19-28)34-33-24-29(26-14-6-3-7-15-26)23-32(35(33)43-36(30)34)27-16-8-4-9-17-27/h3-24,40H,2,39H2,1H3/b22-12-,25-13+,40-37?,42-38?. The molecule has 0 aliphatic heterocycles. The third kappa shape index (κ3) is 5.32. The molecule has 3 N–H and O–H groups in total. The molecule has 5 heteroatoms. The van der Waals surface area contributed by atoms with Gasteiger partial charge in [0, 0.05) is 33.0 Å². The van der Waals surface area contributed by atoms with Gasteiger partial charge >= 0.3 is 0 Å². The maximum atomic E-state index is 9.17. The molecule has 5 aromatic carbocycles. The number of amidine groups is 2. The number of rotatable bonds is 6. The van der Waals surface area contributed by atoms with Gasteiger partial charge in [-0.25, -0.2) is 9.98 Å². The summed E-state index contributed by atoms with van der Waals surface area (Å²) in [5, 5.41) is 10.9. The number of nitrogens with one attached hydrogen (secondary N) is 1. The summed E-state index contributed by atoms with van der Waals surface area (Å²) in [6.07, 6.45) is 5.26. The Balaban J connectivity index is 1.70. The molecule has 0 atom stereocenters. The molecule has 1 heterocycles. The van der Waals surface area contributed by atoms with Gasteiger partial charge in [-0.15, -0.1) is 0 Å². The van der Waals surface area contributed by atoms with Crippen molar-refractivity contribution in [2.24, 2.45) is 15.7 Å². The zero-order valence-corrected chi connectivity index (χ0v) is 23.8. The molecule has 0 spiro atoms. The minimum absolute atomic E-state index is 0.0698. The Hall–Kier alpha value is -5.81. The SMILES string of the molecule is C=NC(=NC(=N)c1ccc(/C(C)=C/C=C\N)c2oc3c(-c4ccccc4)cc(-c4ccccc4)cc3c12)c1ccccc1. The van der Waals surface area contributed by atoms with Crippen molar-refractivity contribution in [2.75, 3.05) is 0 Å². The van der Waals surface area contributed by atoms with Crippen molar-refractivity contribution in [3.8, 4) is 22.3 Å². The normalized spacial score (nSPS) is 12.3. The Morgan fingerprint density at radius 2 is 1.40 bits per heavy atom. The first kappa shape index (κ1) is 27.4. The first-order valence-electron chi connectivity index (χ1n) is 14.0. The van der Waals surface area contributed by atoms with Crippen LogP contribution in [0.15, 0.2) is 148 Å². The molecule has 208 valence electrons. The predicted molar refractivity (Wildman–Crippen MR) is 181 cm³/mol. The monoisotopic (exact) mass is 558 g/mol. The largest absolute Gasteiger partial charge is 0.455 e. The summed E-state index contributed by atoms with van der Waals surface area (Å²) in [4.78, 5) is 8.79. The highest BCUT2D eigenvalue weighted by atomic mass is 16.3. The minimum Gasteiger partial charge on any atom is -0.455 e. The number of nitrogens with two attached hydrogens (primary N) is 1. The lowest BCUT2D eigenvalue weighted by Gasteiger charge is -2.09. The van der Waals surface area contributed by atoms with Gasteiger partial charge in [-0.2, -0.15) is 0 Å². The third-order valence-electron chi connectivity index (χ3n) is 7.45. The van der Waals surface area contributed by atoms with E-state index in [1.807, 2.05) is 91.9 Å². The third-order valence-corrected chi connectivity index (χ3v) is 7.45. The van der Waals surface area contributed by atoms with Crippen LogP contribution >= 0.6 is 0 Å². The van der Waals surface area contributed by atoms with Crippen molar-refractivity contribution in [1.29, 1.82) is 5.41 Å². The molecule has 0 aliphatic rings. The molecule has 1 aromatic heterocycles. The molecule has 43 heavy (non-hydrogen) atoms. The van der Waals surface area contributed by atoms with Gasteiger partial charge < -0.3 is 10.2 Å². The van der Waals surface area contributed by atoms with E-state index in [4.69, 9.17) is 10.2 Å². The second-order valence-electron chi connectivity index (χ2n) is 10.1. The molecule has 0 bridgehead atoms. The van der Waals surface area contributed by atoms with Gasteiger partial charge in [0.05, 0.1) is 0 Å². The number of hydrogen-bond acceptors (Lipinski definition) is 3. The van der Waals surface area contributed by atoms with E-state index in [0.717, 1.165) is 55.3 Å². The second kappa shape index (κ2) is 12.0. The van der Waals surface area contributed by atoms with Crippen LogP contribution in [-0.4, -0.2) is 18.4 Å². The number of furan rings is 1. The van der Waals surface area contributed by atoms with Crippen LogP contribution in [0.25, 0.3) is 49.8 Å². The maximum absolute atomic E-state index is 9.17. The van der Waals surface area contributed by atoms with E-state index < -0.39 is 0 Å². The first-order chi connectivity index (χ1) is 21.1. The Morgan fingerprint density at radius 3 is 2.05 bits per heavy atom. The average molecular weight is 559 g/mol. The van der Waals surface area contributed by atoms with E-state index in [9.17, 15) is 5.41 Å². The zero-order valence-electron chi connectivity index (χ0n) is 23.8. The van der Waals surface area contributed by atoms with Crippen LogP contribution in [-0.2, 0) is 0 Å². The summed E-state index contributed by atoms with van der Waals surface area (Å²) in [5.74, 6) is 0.454. The van der Waals surface area contributed by atoms with Gasteiger partial charge in [0.1, 0.15) is 11.2 Å². The fraction of sp³-hybridized carbons (Fsp3) is 0.0263. The van der Waals surface area contributed by atoms with Crippen LogP contribution in [0.5, 0.6) is 0 Å². The van der Waals surface area contributed by atoms with Crippen molar-refractivity contribution in [1.82, 2.24) is 0 Å². The van der Waals surface area contributed by atoms with Crippen LogP contribution in [0.1, 0.15) is 23.6 Å². The van der Waals surface area contributed by atoms with E-state index in [-0.39, 0.29) is 5.84 Å². The van der Waals surface area contributed by atoms with Crippen LogP contribution in [0.4, 0.5) is 0 Å². The van der Waals surface area contributed by atoms with E-state index in [1.54, 1.807) is 6.08 Å². The molecular weight excluding hydrogens is 528 g/mol. The Kier molecular flexibility index (Phi) is 7.62. The number of aliphatic imine (C=N–C) groups is 2. The topological polar surface area (TPSA) is 87.7 Å². The van der Waals surface area contributed by atoms with Crippen molar-refractivity contribution < 1.29 is 4.42 Å². The molecule has 0 saturated carbocycles. The number of benzene rings is 5. The first-order valence-corrected chi connectivity index (χ1v) is 14.0. The Morgan fingerprint density at radius 1 is 0.767 bits per heavy atom. The lowest BCUT2D eigenvalue weighted by molar-refractivity contribution is 0.668. The van der Waals surface area contributed by atoms with Crippen LogP contribution in [0, 0.1) is 5.41 Å². The second-order valence-corrected chi connectivity index (χ2v) is 10.1. The van der Waals surface area contributed by atoms with Gasteiger partial charge in [-0.1, -0.05) is 103 Å². The van der Waals surface area contributed by atoms with Crippen LogP contribution < -0.4 is 5.73 Å². The highest BCUT2D eigenvalue weighted by Crippen LogP contribution is 2.43. The lowest BCUT2D eigenvalue weighted by atomic mass is 9.93. The molecule has 6 rings (SSSR count). The minimum atomic E-state index is 0.0698. The van der Waals surface area contributed by atoms with E-state index >= 15 is 0 Å². The van der Waals surface area contributed by atoms with Gasteiger partial charge in [0.2, 0.25) is 0 Å². The summed E-state index contributed by atoms with van der Waals surface area (Å²) in [5.41, 5.74) is 14.6. The van der Waals surface area contributed by atoms with E-state index in [1.165, 1.54) is 6.20 Å². The average Bonchev–Trinajstić information content (AvgIpc) is 3.46. The van der Waals surface area contributed by atoms with Gasteiger partial charge in [0.25, 0.3) is 0 Å². The Bertz CT molecular complexity index is 2050. The molecule has 0 saturated heterocycles. The molecule has 6 aromatic rings.